The van der Waals surface area contributed by atoms with Gasteiger partial charge in [0.05, 0.1) is 0 Å². The summed E-state index contributed by atoms with van der Waals surface area (Å²) in [6, 6.07) is 0. The van der Waals surface area contributed by atoms with Gasteiger partial charge in [-0.3, -0.25) is 0 Å². The highest BCUT2D eigenvalue weighted by Gasteiger charge is 2.06. The lowest BCUT2D eigenvalue weighted by atomic mass is 10.1. The Kier molecular flexibility index (Phi) is 15.0. The van der Waals surface area contributed by atoms with Crippen molar-refractivity contribution in [3.8, 4) is 0 Å². The largest absolute Gasteiger partial charge is 0.353 e. The molecular weight excluding hydrogens is 248 g/mol. The van der Waals surface area contributed by atoms with Crippen LogP contribution in [-0.4, -0.2) is 25.4 Å². The van der Waals surface area contributed by atoms with Gasteiger partial charge in [0.1, 0.15) is 0 Å². The zero-order valence-corrected chi connectivity index (χ0v) is 12.8. The van der Waals surface area contributed by atoms with Crippen LogP contribution in [0.2, 0.25) is 0 Å². The lowest BCUT2D eigenvalue weighted by Gasteiger charge is -2.16. The molecule has 3 heteroatoms. The average molecular weight is 277 g/mol. The van der Waals surface area contributed by atoms with Crippen molar-refractivity contribution in [1.29, 1.82) is 0 Å². The molecular formula is C15H29ClO2. The molecule has 0 aromatic heterocycles. The molecule has 108 valence electrons. The fraction of sp³-hybridized carbons (Fsp3) is 0.867. The molecule has 0 rings (SSSR count). The fourth-order valence-corrected chi connectivity index (χ4v) is 1.92. The predicted octanol–water partition coefficient (Wildman–Crippen LogP) is 4.91. The van der Waals surface area contributed by atoms with Crippen molar-refractivity contribution in [1.82, 2.24) is 0 Å². The van der Waals surface area contributed by atoms with Gasteiger partial charge in [0.15, 0.2) is 6.29 Å². The summed E-state index contributed by atoms with van der Waals surface area (Å²) >= 11 is 5.61. The quantitative estimate of drug-likeness (QED) is 0.206. The van der Waals surface area contributed by atoms with Crippen molar-refractivity contribution >= 4 is 11.6 Å². The Morgan fingerprint density at radius 1 is 0.889 bits per heavy atom. The van der Waals surface area contributed by atoms with Crippen LogP contribution in [0.5, 0.6) is 0 Å². The first-order chi connectivity index (χ1) is 8.85. The van der Waals surface area contributed by atoms with Crippen LogP contribution in [0.1, 0.15) is 58.8 Å². The summed E-state index contributed by atoms with van der Waals surface area (Å²) in [7, 11) is 0. The molecule has 0 atom stereocenters. The summed E-state index contributed by atoms with van der Waals surface area (Å²) in [4.78, 5) is 0. The van der Waals surface area contributed by atoms with Crippen molar-refractivity contribution in [2.45, 2.75) is 65.1 Å². The van der Waals surface area contributed by atoms with Crippen LogP contribution in [0.25, 0.3) is 0 Å². The van der Waals surface area contributed by atoms with E-state index < -0.39 is 0 Å². The Labute approximate surface area is 118 Å². The van der Waals surface area contributed by atoms with Crippen molar-refractivity contribution in [3.05, 3.63) is 12.2 Å². The van der Waals surface area contributed by atoms with Crippen molar-refractivity contribution < 1.29 is 9.47 Å². The van der Waals surface area contributed by atoms with Crippen LogP contribution in [0.3, 0.4) is 0 Å². The maximum atomic E-state index is 5.61. The Balaban J connectivity index is 3.34. The van der Waals surface area contributed by atoms with Gasteiger partial charge in [-0.05, 0) is 52.4 Å². The summed E-state index contributed by atoms with van der Waals surface area (Å²) in [5.41, 5.74) is 0. The molecule has 0 aliphatic heterocycles. The molecule has 0 spiro atoms. The van der Waals surface area contributed by atoms with Crippen LogP contribution in [-0.2, 0) is 9.47 Å². The van der Waals surface area contributed by atoms with E-state index in [1.807, 2.05) is 13.8 Å². The van der Waals surface area contributed by atoms with E-state index in [9.17, 15) is 0 Å². The highest BCUT2D eigenvalue weighted by molar-refractivity contribution is 6.17. The molecule has 0 saturated heterocycles. The maximum absolute atomic E-state index is 5.61. The number of rotatable bonds is 13. The minimum atomic E-state index is -0.000682. The van der Waals surface area contributed by atoms with Crippen LogP contribution in [0, 0.1) is 0 Å². The standard InChI is InChI=1S/C15H29ClO2/c1-3-17-15(18-4-2)13-11-9-7-5-6-8-10-12-14-16/h6,8,15H,3-5,7,9-14H2,1-2H3/b8-6+. The number of hydrogen-bond acceptors (Lipinski definition) is 2. The topological polar surface area (TPSA) is 18.5 Å². The van der Waals surface area contributed by atoms with Gasteiger partial charge < -0.3 is 9.47 Å². The molecule has 18 heavy (non-hydrogen) atoms. The second-order valence-electron chi connectivity index (χ2n) is 4.28. The van der Waals surface area contributed by atoms with E-state index in [4.69, 9.17) is 21.1 Å². The number of alkyl halides is 1. The van der Waals surface area contributed by atoms with Gasteiger partial charge in [-0.2, -0.15) is 0 Å². The van der Waals surface area contributed by atoms with Crippen LogP contribution in [0.15, 0.2) is 12.2 Å². The molecule has 0 bridgehead atoms. The first-order valence-electron chi connectivity index (χ1n) is 7.29. The van der Waals surface area contributed by atoms with Crippen LogP contribution >= 0.6 is 11.6 Å². The molecule has 0 aromatic carbocycles. The van der Waals surface area contributed by atoms with E-state index in [1.165, 1.54) is 25.7 Å². The second-order valence-corrected chi connectivity index (χ2v) is 4.66. The second kappa shape index (κ2) is 15.0. The molecule has 0 aliphatic carbocycles. The number of hydrogen-bond donors (Lipinski definition) is 0. The third-order valence-electron chi connectivity index (χ3n) is 2.69. The fourth-order valence-electron chi connectivity index (χ4n) is 1.77. The minimum Gasteiger partial charge on any atom is -0.353 e. The first-order valence-corrected chi connectivity index (χ1v) is 7.82. The molecule has 0 aliphatic rings. The van der Waals surface area contributed by atoms with Gasteiger partial charge in [-0.15, -0.1) is 11.6 Å². The molecule has 0 heterocycles. The highest BCUT2D eigenvalue weighted by Crippen LogP contribution is 2.10. The van der Waals surface area contributed by atoms with Crippen molar-refractivity contribution in [2.75, 3.05) is 19.1 Å². The van der Waals surface area contributed by atoms with E-state index in [1.54, 1.807) is 0 Å². The molecule has 0 aromatic rings. The van der Waals surface area contributed by atoms with E-state index in [0.717, 1.165) is 38.4 Å². The van der Waals surface area contributed by atoms with E-state index in [-0.39, 0.29) is 6.29 Å². The zero-order valence-electron chi connectivity index (χ0n) is 12.0. The molecule has 2 nitrogen and oxygen atoms in total. The lowest BCUT2D eigenvalue weighted by Crippen LogP contribution is -2.17. The Hall–Kier alpha value is -0.0500. The molecule has 0 saturated carbocycles. The van der Waals surface area contributed by atoms with Crippen molar-refractivity contribution in [3.63, 3.8) is 0 Å². The van der Waals surface area contributed by atoms with Gasteiger partial charge in [0.2, 0.25) is 0 Å². The van der Waals surface area contributed by atoms with Gasteiger partial charge >= 0.3 is 0 Å². The zero-order chi connectivity index (χ0) is 13.5. The number of halogens is 1. The van der Waals surface area contributed by atoms with Crippen molar-refractivity contribution in [2.24, 2.45) is 0 Å². The van der Waals surface area contributed by atoms with E-state index >= 15 is 0 Å². The molecule has 0 N–H and O–H groups in total. The highest BCUT2D eigenvalue weighted by atomic mass is 35.5. The summed E-state index contributed by atoms with van der Waals surface area (Å²) in [5, 5.41) is 0. The Bertz CT molecular complexity index is 177. The molecule has 0 radical (unpaired) electrons. The number of ether oxygens (including phenoxy) is 2. The summed E-state index contributed by atoms with van der Waals surface area (Å²) < 4.78 is 11.0. The minimum absolute atomic E-state index is 0.000682. The third kappa shape index (κ3) is 12.4. The first kappa shape index (κ1) is 17.9. The summed E-state index contributed by atoms with van der Waals surface area (Å²) in [6.07, 6.45) is 12.6. The summed E-state index contributed by atoms with van der Waals surface area (Å²) in [5.74, 6) is 0.764. The molecule has 0 amide bonds. The average Bonchev–Trinajstić information content (AvgIpc) is 2.37. The van der Waals surface area contributed by atoms with Gasteiger partial charge in [0, 0.05) is 19.1 Å². The van der Waals surface area contributed by atoms with Gasteiger partial charge in [-0.1, -0.05) is 18.6 Å². The third-order valence-corrected chi connectivity index (χ3v) is 2.95. The monoisotopic (exact) mass is 276 g/mol. The van der Waals surface area contributed by atoms with Crippen LogP contribution in [0.4, 0.5) is 0 Å². The Morgan fingerprint density at radius 2 is 1.50 bits per heavy atom. The smallest absolute Gasteiger partial charge is 0.157 e. The number of unbranched alkanes of at least 4 members (excludes halogenated alkanes) is 4. The molecule has 0 fully saturated rings. The van der Waals surface area contributed by atoms with Gasteiger partial charge in [0.25, 0.3) is 0 Å². The normalized spacial score (nSPS) is 11.8. The Morgan fingerprint density at radius 3 is 2.06 bits per heavy atom. The maximum Gasteiger partial charge on any atom is 0.157 e. The van der Waals surface area contributed by atoms with Gasteiger partial charge in [-0.25, -0.2) is 0 Å². The van der Waals surface area contributed by atoms with E-state index in [2.05, 4.69) is 12.2 Å². The molecule has 0 unspecified atom stereocenters. The van der Waals surface area contributed by atoms with E-state index in [0.29, 0.717) is 0 Å². The summed E-state index contributed by atoms with van der Waals surface area (Å²) in [6.45, 7) is 5.48. The predicted molar refractivity (Wildman–Crippen MR) is 79.2 cm³/mol. The SMILES string of the molecule is CCOC(CCCCC/C=C/CCCCl)OCC. The number of allylic oxidation sites excluding steroid dienone is 2. The lowest BCUT2D eigenvalue weighted by molar-refractivity contribution is -0.140. The van der Waals surface area contributed by atoms with Crippen LogP contribution < -0.4 is 0 Å².